The van der Waals surface area contributed by atoms with Gasteiger partial charge in [-0.15, -0.1) is 0 Å². The first kappa shape index (κ1) is 14.5. The molecule has 2 heteroatoms. The van der Waals surface area contributed by atoms with Crippen molar-refractivity contribution in [2.24, 2.45) is 4.99 Å². The van der Waals surface area contributed by atoms with Gasteiger partial charge in [0.15, 0.2) is 5.90 Å². The van der Waals surface area contributed by atoms with Crippen LogP contribution in [0.2, 0.25) is 0 Å². The lowest BCUT2D eigenvalue weighted by Crippen LogP contribution is -1.98. The highest BCUT2D eigenvalue weighted by molar-refractivity contribution is 5.79. The lowest BCUT2D eigenvalue weighted by Gasteiger charge is -2.11. The molecule has 0 aliphatic heterocycles. The first-order chi connectivity index (χ1) is 8.60. The summed E-state index contributed by atoms with van der Waals surface area (Å²) in [6, 6.07) is 6.16. The smallest absolute Gasteiger partial charge is 0.185 e. The summed E-state index contributed by atoms with van der Waals surface area (Å²) in [4.78, 5) is 4.50. The van der Waals surface area contributed by atoms with E-state index in [9.17, 15) is 0 Å². The topological polar surface area (TPSA) is 21.6 Å². The first-order valence-corrected chi connectivity index (χ1v) is 6.56. The maximum atomic E-state index is 5.38. The second-order valence-electron chi connectivity index (χ2n) is 4.37. The van der Waals surface area contributed by atoms with Gasteiger partial charge in [0.25, 0.3) is 0 Å². The molecular formula is C16H23NO. The summed E-state index contributed by atoms with van der Waals surface area (Å²) < 4.78 is 5.38. The molecule has 2 nitrogen and oxygen atoms in total. The Balaban J connectivity index is 3.05. The molecule has 0 aliphatic carbocycles. The van der Waals surface area contributed by atoms with Crippen molar-refractivity contribution >= 4 is 17.2 Å². The van der Waals surface area contributed by atoms with Gasteiger partial charge < -0.3 is 4.74 Å². The van der Waals surface area contributed by atoms with Crippen molar-refractivity contribution in [3.8, 4) is 0 Å². The zero-order valence-electron chi connectivity index (χ0n) is 11.9. The first-order valence-electron chi connectivity index (χ1n) is 6.56. The van der Waals surface area contributed by atoms with E-state index in [4.69, 9.17) is 4.74 Å². The quantitative estimate of drug-likeness (QED) is 0.534. The Morgan fingerprint density at radius 3 is 2.67 bits per heavy atom. The van der Waals surface area contributed by atoms with Crippen molar-refractivity contribution in [3.05, 3.63) is 35.9 Å². The largest absolute Gasteiger partial charge is 0.481 e. The van der Waals surface area contributed by atoms with E-state index in [1.165, 1.54) is 16.7 Å². The molecule has 0 radical (unpaired) electrons. The molecule has 18 heavy (non-hydrogen) atoms. The van der Waals surface area contributed by atoms with Gasteiger partial charge in [-0.25, -0.2) is 4.99 Å². The number of hydrogen-bond acceptors (Lipinski definition) is 2. The highest BCUT2D eigenvalue weighted by atomic mass is 16.5. The van der Waals surface area contributed by atoms with E-state index < -0.39 is 0 Å². The third-order valence-corrected chi connectivity index (χ3v) is 2.87. The Morgan fingerprint density at radius 2 is 2.06 bits per heavy atom. The van der Waals surface area contributed by atoms with E-state index >= 15 is 0 Å². The van der Waals surface area contributed by atoms with Gasteiger partial charge in [-0.1, -0.05) is 32.1 Å². The molecule has 0 N–H and O–H groups in total. The van der Waals surface area contributed by atoms with E-state index in [1.807, 2.05) is 26.0 Å². The average Bonchev–Trinajstić information content (AvgIpc) is 2.32. The summed E-state index contributed by atoms with van der Waals surface area (Å²) >= 11 is 0. The average molecular weight is 245 g/mol. The van der Waals surface area contributed by atoms with Crippen molar-refractivity contribution in [1.29, 1.82) is 0 Å². The van der Waals surface area contributed by atoms with E-state index in [0.717, 1.165) is 18.5 Å². The van der Waals surface area contributed by atoms with Gasteiger partial charge in [0.1, 0.15) is 0 Å². The molecule has 1 aromatic carbocycles. The van der Waals surface area contributed by atoms with Crippen LogP contribution in [0.4, 0.5) is 5.69 Å². The van der Waals surface area contributed by atoms with Crippen molar-refractivity contribution in [3.63, 3.8) is 0 Å². The third-order valence-electron chi connectivity index (χ3n) is 2.87. The van der Waals surface area contributed by atoms with Gasteiger partial charge in [0.05, 0.1) is 12.3 Å². The Labute approximate surface area is 110 Å². The minimum atomic E-state index is 0.649. The lowest BCUT2D eigenvalue weighted by atomic mass is 9.97. The summed E-state index contributed by atoms with van der Waals surface area (Å²) in [6.45, 7) is 12.9. The van der Waals surface area contributed by atoms with E-state index in [1.54, 1.807) is 0 Å². The fourth-order valence-electron chi connectivity index (χ4n) is 1.97. The molecule has 0 fully saturated rings. The fraction of sp³-hybridized carbons (Fsp3) is 0.438. The molecule has 0 bridgehead atoms. The van der Waals surface area contributed by atoms with Crippen LogP contribution in [0.15, 0.2) is 29.8 Å². The predicted molar refractivity (Wildman–Crippen MR) is 79.5 cm³/mol. The van der Waals surface area contributed by atoms with Crippen molar-refractivity contribution in [2.75, 3.05) is 6.61 Å². The zero-order valence-corrected chi connectivity index (χ0v) is 11.9. The number of benzene rings is 1. The predicted octanol–water partition coefficient (Wildman–Crippen LogP) is 4.89. The van der Waals surface area contributed by atoms with Crippen molar-refractivity contribution in [2.45, 2.75) is 40.5 Å². The van der Waals surface area contributed by atoms with Crippen LogP contribution < -0.4 is 0 Å². The maximum Gasteiger partial charge on any atom is 0.185 e. The molecule has 0 aromatic heterocycles. The summed E-state index contributed by atoms with van der Waals surface area (Å²) in [7, 11) is 0. The minimum absolute atomic E-state index is 0.649. The Morgan fingerprint density at radius 1 is 1.33 bits per heavy atom. The number of nitrogens with zero attached hydrogens (tertiary/aromatic N) is 1. The molecule has 0 unspecified atom stereocenters. The molecule has 0 spiro atoms. The van der Waals surface area contributed by atoms with Crippen molar-refractivity contribution < 1.29 is 4.74 Å². The Bertz CT molecular complexity index is 446. The van der Waals surface area contributed by atoms with Gasteiger partial charge in [-0.2, -0.15) is 0 Å². The number of hydrogen-bond donors (Lipinski definition) is 0. The SMILES string of the molecule is C=C(CCC)c1cccc(N=C(C)OCC)c1C. The molecular weight excluding hydrogens is 222 g/mol. The Kier molecular flexibility index (Phi) is 5.63. The van der Waals surface area contributed by atoms with Crippen LogP contribution in [0.3, 0.4) is 0 Å². The summed E-state index contributed by atoms with van der Waals surface area (Å²) in [5, 5.41) is 0. The highest BCUT2D eigenvalue weighted by Crippen LogP contribution is 2.28. The molecule has 98 valence electrons. The molecule has 1 rings (SSSR count). The molecule has 0 saturated carbocycles. The Hall–Kier alpha value is -1.57. The van der Waals surface area contributed by atoms with Gasteiger partial charge in [-0.05, 0) is 43.0 Å². The van der Waals surface area contributed by atoms with Gasteiger partial charge in [0, 0.05) is 6.92 Å². The molecule has 0 heterocycles. The summed E-state index contributed by atoms with van der Waals surface area (Å²) in [6.07, 6.45) is 2.14. The number of ether oxygens (including phenoxy) is 1. The van der Waals surface area contributed by atoms with Crippen molar-refractivity contribution in [1.82, 2.24) is 0 Å². The normalized spacial score (nSPS) is 11.4. The highest BCUT2D eigenvalue weighted by Gasteiger charge is 2.06. The summed E-state index contributed by atoms with van der Waals surface area (Å²) in [5.74, 6) is 0.707. The standard InChI is InChI=1S/C16H23NO/c1-6-9-12(3)15-10-8-11-16(13(15)4)17-14(5)18-7-2/h8,10-11H,3,6-7,9H2,1-2,4-5H3. The van der Waals surface area contributed by atoms with Crippen LogP contribution in [0.25, 0.3) is 5.57 Å². The monoisotopic (exact) mass is 245 g/mol. The molecule has 1 aromatic rings. The number of rotatable bonds is 5. The van der Waals surface area contributed by atoms with Crippen LogP contribution in [-0.4, -0.2) is 12.5 Å². The zero-order chi connectivity index (χ0) is 13.5. The molecule has 0 amide bonds. The fourth-order valence-corrected chi connectivity index (χ4v) is 1.97. The molecule has 0 saturated heterocycles. The van der Waals surface area contributed by atoms with Crippen LogP contribution in [0.1, 0.15) is 44.7 Å². The van der Waals surface area contributed by atoms with E-state index in [0.29, 0.717) is 12.5 Å². The lowest BCUT2D eigenvalue weighted by molar-refractivity contribution is 0.325. The van der Waals surface area contributed by atoms with Crippen LogP contribution in [-0.2, 0) is 4.74 Å². The maximum absolute atomic E-state index is 5.38. The second-order valence-corrected chi connectivity index (χ2v) is 4.37. The number of allylic oxidation sites excluding steroid dienone is 1. The van der Waals surface area contributed by atoms with Crippen LogP contribution in [0.5, 0.6) is 0 Å². The summed E-state index contributed by atoms with van der Waals surface area (Å²) in [5.41, 5.74) is 4.54. The van der Waals surface area contributed by atoms with E-state index in [2.05, 4.69) is 31.5 Å². The van der Waals surface area contributed by atoms with Gasteiger partial charge >= 0.3 is 0 Å². The van der Waals surface area contributed by atoms with Crippen LogP contribution in [0, 0.1) is 6.92 Å². The van der Waals surface area contributed by atoms with Gasteiger partial charge in [-0.3, -0.25) is 0 Å². The third kappa shape index (κ3) is 3.73. The van der Waals surface area contributed by atoms with Gasteiger partial charge in [0.2, 0.25) is 0 Å². The molecule has 0 aliphatic rings. The minimum Gasteiger partial charge on any atom is -0.481 e. The molecule has 0 atom stereocenters. The second kappa shape index (κ2) is 7.00. The number of aliphatic imine (C=N–C) groups is 1. The van der Waals surface area contributed by atoms with Crippen LogP contribution >= 0.6 is 0 Å². The van der Waals surface area contributed by atoms with E-state index in [-0.39, 0.29) is 0 Å².